The molecule has 1 saturated carbocycles. The van der Waals surface area contributed by atoms with Gasteiger partial charge in [0, 0.05) is 19.2 Å². The number of amides is 1. The Hall–Kier alpha value is -1.39. The van der Waals surface area contributed by atoms with Gasteiger partial charge in [-0.1, -0.05) is 30.3 Å². The standard InChI is InChI=1S/C16H22N2O2/c19-16(18-13-8-9-13)15(12-5-2-1-3-6-12)17-11-14-7-4-10-20-14/h1-3,5-6,13-15,17H,4,7-11H2,(H,18,19)/t14-,15+/m1/s1. The van der Waals surface area contributed by atoms with E-state index in [1.807, 2.05) is 30.3 Å². The quantitative estimate of drug-likeness (QED) is 0.831. The minimum atomic E-state index is -0.277. The summed E-state index contributed by atoms with van der Waals surface area (Å²) in [6, 6.07) is 10.0. The van der Waals surface area contributed by atoms with Gasteiger partial charge in [0.1, 0.15) is 6.04 Å². The monoisotopic (exact) mass is 274 g/mol. The molecular formula is C16H22N2O2. The SMILES string of the molecule is O=C(NC1CC1)[C@@H](NC[C@H]1CCCO1)c1ccccc1. The lowest BCUT2D eigenvalue weighted by molar-refractivity contribution is -0.123. The van der Waals surface area contributed by atoms with Crippen LogP contribution < -0.4 is 10.6 Å². The first kappa shape index (κ1) is 13.6. The first-order valence-corrected chi connectivity index (χ1v) is 7.53. The van der Waals surface area contributed by atoms with Gasteiger partial charge >= 0.3 is 0 Å². The maximum Gasteiger partial charge on any atom is 0.241 e. The van der Waals surface area contributed by atoms with E-state index in [0.29, 0.717) is 6.04 Å². The summed E-state index contributed by atoms with van der Waals surface area (Å²) in [5.74, 6) is 0.0803. The molecule has 0 bridgehead atoms. The molecule has 0 spiro atoms. The van der Waals surface area contributed by atoms with Gasteiger partial charge in [-0.2, -0.15) is 0 Å². The van der Waals surface area contributed by atoms with E-state index in [0.717, 1.165) is 44.4 Å². The van der Waals surface area contributed by atoms with Gasteiger partial charge in [0.15, 0.2) is 0 Å². The van der Waals surface area contributed by atoms with Gasteiger partial charge in [-0.05, 0) is 31.2 Å². The summed E-state index contributed by atoms with van der Waals surface area (Å²) in [7, 11) is 0. The predicted molar refractivity (Wildman–Crippen MR) is 77.3 cm³/mol. The Morgan fingerprint density at radius 2 is 2.05 bits per heavy atom. The molecule has 1 aromatic carbocycles. The lowest BCUT2D eigenvalue weighted by Crippen LogP contribution is -2.41. The lowest BCUT2D eigenvalue weighted by Gasteiger charge is -2.20. The molecule has 108 valence electrons. The van der Waals surface area contributed by atoms with Gasteiger partial charge in [0.2, 0.25) is 5.91 Å². The molecule has 1 aliphatic carbocycles. The minimum absolute atomic E-state index is 0.0803. The zero-order valence-corrected chi connectivity index (χ0v) is 11.7. The van der Waals surface area contributed by atoms with Gasteiger partial charge in [-0.15, -0.1) is 0 Å². The Morgan fingerprint density at radius 1 is 1.25 bits per heavy atom. The first-order valence-electron chi connectivity index (χ1n) is 7.53. The van der Waals surface area contributed by atoms with Crippen molar-refractivity contribution in [3.8, 4) is 0 Å². The van der Waals surface area contributed by atoms with Crippen LogP contribution >= 0.6 is 0 Å². The van der Waals surface area contributed by atoms with E-state index in [2.05, 4.69) is 10.6 Å². The molecule has 1 amide bonds. The summed E-state index contributed by atoms with van der Waals surface area (Å²) in [6.45, 7) is 1.58. The molecule has 1 heterocycles. The summed E-state index contributed by atoms with van der Waals surface area (Å²) in [5, 5.41) is 6.46. The van der Waals surface area contributed by atoms with Crippen molar-refractivity contribution in [1.82, 2.24) is 10.6 Å². The second-order valence-electron chi connectivity index (χ2n) is 5.67. The molecule has 2 atom stereocenters. The van der Waals surface area contributed by atoms with Crippen molar-refractivity contribution in [2.45, 2.75) is 43.9 Å². The second-order valence-corrected chi connectivity index (χ2v) is 5.67. The molecule has 2 N–H and O–H groups in total. The van der Waals surface area contributed by atoms with Crippen LogP contribution in [0.4, 0.5) is 0 Å². The molecule has 20 heavy (non-hydrogen) atoms. The van der Waals surface area contributed by atoms with E-state index >= 15 is 0 Å². The van der Waals surface area contributed by atoms with Crippen molar-refractivity contribution in [1.29, 1.82) is 0 Å². The number of rotatable bonds is 6. The third-order valence-electron chi connectivity index (χ3n) is 3.89. The number of hydrogen-bond donors (Lipinski definition) is 2. The number of carbonyl (C=O) groups excluding carboxylic acids is 1. The molecule has 2 fully saturated rings. The molecule has 1 aliphatic heterocycles. The Labute approximate surface area is 119 Å². The molecule has 1 saturated heterocycles. The lowest BCUT2D eigenvalue weighted by atomic mass is 10.1. The van der Waals surface area contributed by atoms with Gasteiger partial charge < -0.3 is 10.1 Å². The summed E-state index contributed by atoms with van der Waals surface area (Å²) < 4.78 is 5.62. The Bertz CT molecular complexity index is 439. The van der Waals surface area contributed by atoms with E-state index in [-0.39, 0.29) is 18.1 Å². The van der Waals surface area contributed by atoms with E-state index < -0.39 is 0 Å². The van der Waals surface area contributed by atoms with Crippen molar-refractivity contribution in [3.05, 3.63) is 35.9 Å². The number of hydrogen-bond acceptors (Lipinski definition) is 3. The fourth-order valence-electron chi connectivity index (χ4n) is 2.57. The summed E-state index contributed by atoms with van der Waals surface area (Å²) in [4.78, 5) is 12.4. The Balaban J connectivity index is 1.63. The third kappa shape index (κ3) is 3.58. The van der Waals surface area contributed by atoms with Gasteiger partial charge in [-0.3, -0.25) is 10.1 Å². The largest absolute Gasteiger partial charge is 0.377 e. The fourth-order valence-corrected chi connectivity index (χ4v) is 2.57. The topological polar surface area (TPSA) is 50.4 Å². The highest BCUT2D eigenvalue weighted by molar-refractivity contribution is 5.83. The average Bonchev–Trinajstić information content (AvgIpc) is 3.13. The Morgan fingerprint density at radius 3 is 2.70 bits per heavy atom. The highest BCUT2D eigenvalue weighted by Crippen LogP contribution is 2.21. The Kier molecular flexibility index (Phi) is 4.33. The van der Waals surface area contributed by atoms with Crippen LogP contribution in [-0.4, -0.2) is 31.2 Å². The average molecular weight is 274 g/mol. The number of benzene rings is 1. The molecule has 3 rings (SSSR count). The van der Waals surface area contributed by atoms with Gasteiger partial charge in [0.25, 0.3) is 0 Å². The van der Waals surface area contributed by atoms with E-state index in [1.54, 1.807) is 0 Å². The van der Waals surface area contributed by atoms with Crippen molar-refractivity contribution >= 4 is 5.91 Å². The van der Waals surface area contributed by atoms with E-state index in [1.165, 1.54) is 0 Å². The van der Waals surface area contributed by atoms with Gasteiger partial charge in [-0.25, -0.2) is 0 Å². The first-order chi connectivity index (χ1) is 9.83. The molecule has 0 radical (unpaired) electrons. The molecule has 4 heteroatoms. The van der Waals surface area contributed by atoms with Crippen molar-refractivity contribution < 1.29 is 9.53 Å². The maximum absolute atomic E-state index is 12.4. The van der Waals surface area contributed by atoms with Crippen LogP contribution in [0.15, 0.2) is 30.3 Å². The van der Waals surface area contributed by atoms with E-state index in [4.69, 9.17) is 4.74 Å². The zero-order valence-electron chi connectivity index (χ0n) is 11.7. The van der Waals surface area contributed by atoms with Crippen molar-refractivity contribution in [2.75, 3.05) is 13.2 Å². The number of ether oxygens (including phenoxy) is 1. The van der Waals surface area contributed by atoms with Crippen molar-refractivity contribution in [2.24, 2.45) is 0 Å². The second kappa shape index (κ2) is 6.37. The van der Waals surface area contributed by atoms with Crippen LogP contribution in [0.2, 0.25) is 0 Å². The smallest absolute Gasteiger partial charge is 0.241 e. The van der Waals surface area contributed by atoms with Crippen LogP contribution in [0.3, 0.4) is 0 Å². The summed E-state index contributed by atoms with van der Waals surface area (Å²) >= 11 is 0. The molecule has 0 aromatic heterocycles. The molecule has 1 aromatic rings. The van der Waals surface area contributed by atoms with Crippen LogP contribution in [0, 0.1) is 0 Å². The van der Waals surface area contributed by atoms with Crippen LogP contribution in [0.5, 0.6) is 0 Å². The molecular weight excluding hydrogens is 252 g/mol. The highest BCUT2D eigenvalue weighted by atomic mass is 16.5. The zero-order chi connectivity index (χ0) is 13.8. The van der Waals surface area contributed by atoms with Crippen LogP contribution in [0.25, 0.3) is 0 Å². The number of carbonyl (C=O) groups is 1. The normalized spacial score (nSPS) is 23.5. The van der Waals surface area contributed by atoms with Crippen molar-refractivity contribution in [3.63, 3.8) is 0 Å². The fraction of sp³-hybridized carbons (Fsp3) is 0.562. The van der Waals surface area contributed by atoms with Crippen LogP contribution in [0.1, 0.15) is 37.3 Å². The maximum atomic E-state index is 12.4. The summed E-state index contributed by atoms with van der Waals surface area (Å²) in [5.41, 5.74) is 1.02. The molecule has 4 nitrogen and oxygen atoms in total. The third-order valence-corrected chi connectivity index (χ3v) is 3.89. The predicted octanol–water partition coefficient (Wildman–Crippen LogP) is 1.77. The summed E-state index contributed by atoms with van der Waals surface area (Å²) in [6.07, 6.45) is 4.67. The number of nitrogens with one attached hydrogen (secondary N) is 2. The molecule has 0 unspecified atom stereocenters. The van der Waals surface area contributed by atoms with E-state index in [9.17, 15) is 4.79 Å². The van der Waals surface area contributed by atoms with Crippen LogP contribution in [-0.2, 0) is 9.53 Å². The molecule has 2 aliphatic rings. The highest BCUT2D eigenvalue weighted by Gasteiger charge is 2.29. The van der Waals surface area contributed by atoms with Gasteiger partial charge in [0.05, 0.1) is 6.10 Å². The minimum Gasteiger partial charge on any atom is -0.377 e.